The van der Waals surface area contributed by atoms with Gasteiger partial charge in [0.2, 0.25) is 5.91 Å². The number of carbonyl (C=O) groups excluding carboxylic acids is 1. The Labute approximate surface area is 206 Å². The minimum atomic E-state index is -0.120. The summed E-state index contributed by atoms with van der Waals surface area (Å²) in [5.74, 6) is 1.87. The highest BCUT2D eigenvalue weighted by Crippen LogP contribution is 2.33. The number of para-hydroxylation sites is 2. The molecule has 34 heavy (non-hydrogen) atoms. The summed E-state index contributed by atoms with van der Waals surface area (Å²) in [6.45, 7) is 1.26. The van der Waals surface area contributed by atoms with Crippen molar-refractivity contribution in [2.24, 2.45) is 0 Å². The molecule has 1 aliphatic carbocycles. The van der Waals surface area contributed by atoms with Gasteiger partial charge in [0.05, 0.1) is 28.7 Å². The number of hydrogen-bond donors (Lipinski definition) is 2. The van der Waals surface area contributed by atoms with Crippen LogP contribution in [0.2, 0.25) is 0 Å². The number of aromatic nitrogens is 2. The fourth-order valence-corrected chi connectivity index (χ4v) is 6.49. The summed E-state index contributed by atoms with van der Waals surface area (Å²) in [4.78, 5) is 35.0. The van der Waals surface area contributed by atoms with E-state index in [0.29, 0.717) is 29.6 Å². The smallest absolute Gasteiger partial charge is 0.259 e. The molecule has 2 N–H and O–H groups in total. The number of aromatic amines is 1. The lowest BCUT2D eigenvalue weighted by atomic mass is 9.97. The van der Waals surface area contributed by atoms with E-state index in [9.17, 15) is 9.59 Å². The number of fused-ring (bicyclic) bond motifs is 3. The number of benzene rings is 1. The van der Waals surface area contributed by atoms with Gasteiger partial charge in [0.1, 0.15) is 23.0 Å². The maximum atomic E-state index is 12.7. The van der Waals surface area contributed by atoms with Gasteiger partial charge in [0.15, 0.2) is 0 Å². The average Bonchev–Trinajstić information content (AvgIpc) is 3.23. The summed E-state index contributed by atoms with van der Waals surface area (Å²) in [6, 6.07) is 7.46. The first kappa shape index (κ1) is 23.4. The molecule has 1 aromatic carbocycles. The number of nitrogens with one attached hydrogen (secondary N) is 2. The number of amides is 1. The molecule has 1 atom stereocenters. The zero-order valence-corrected chi connectivity index (χ0v) is 20.7. The van der Waals surface area contributed by atoms with Crippen LogP contribution in [0.15, 0.2) is 29.1 Å². The average molecular weight is 500 g/mol. The van der Waals surface area contributed by atoms with Crippen molar-refractivity contribution in [3.05, 3.63) is 50.9 Å². The molecular weight excluding hydrogens is 470 g/mol. The second-order valence-corrected chi connectivity index (χ2v) is 10.8. The van der Waals surface area contributed by atoms with E-state index >= 15 is 0 Å². The Hall–Kier alpha value is -2.36. The molecule has 0 radical (unpaired) electrons. The third-order valence-corrected chi connectivity index (χ3v) is 8.34. The van der Waals surface area contributed by atoms with Gasteiger partial charge in [-0.2, -0.15) is 0 Å². The SMILES string of the molecule is O=C(CSCc1nc2sc3c(c2c(=O)[nH]1)CCCC3)Nc1ccccc1OCC1CCCCO1. The highest BCUT2D eigenvalue weighted by Gasteiger charge is 2.20. The standard InChI is InChI=1S/C25H29N3O4S2/c29-22(26-18-9-2-3-10-19(18)32-13-16-7-5-6-12-31-16)15-33-14-21-27-24(30)23-17-8-1-4-11-20(17)34-25(23)28-21/h2-3,9-10,16H,1,4-8,11-15H2,(H,26,29)(H,27,28,30). The molecule has 5 rings (SSSR count). The summed E-state index contributed by atoms with van der Waals surface area (Å²) in [5.41, 5.74) is 1.79. The number of carbonyl (C=O) groups is 1. The van der Waals surface area contributed by atoms with Gasteiger partial charge in [-0.25, -0.2) is 4.98 Å². The second-order valence-electron chi connectivity index (χ2n) is 8.74. The number of H-pyrrole nitrogens is 1. The molecule has 1 unspecified atom stereocenters. The number of anilines is 1. The number of ether oxygens (including phenoxy) is 2. The van der Waals surface area contributed by atoms with Crippen molar-refractivity contribution in [3.63, 3.8) is 0 Å². The lowest BCUT2D eigenvalue weighted by molar-refractivity contribution is -0.113. The molecule has 2 aromatic heterocycles. The first-order valence-corrected chi connectivity index (χ1v) is 13.9. The van der Waals surface area contributed by atoms with Crippen molar-refractivity contribution < 1.29 is 14.3 Å². The Morgan fingerprint density at radius 2 is 2.12 bits per heavy atom. The van der Waals surface area contributed by atoms with Crippen LogP contribution in [0.3, 0.4) is 0 Å². The van der Waals surface area contributed by atoms with Crippen LogP contribution in [-0.2, 0) is 28.1 Å². The van der Waals surface area contributed by atoms with Gasteiger partial charge in [-0.15, -0.1) is 23.1 Å². The predicted octanol–water partition coefficient (Wildman–Crippen LogP) is 4.68. The molecule has 0 spiro atoms. The summed E-state index contributed by atoms with van der Waals surface area (Å²) < 4.78 is 11.7. The topological polar surface area (TPSA) is 93.3 Å². The molecule has 0 bridgehead atoms. The molecule has 1 fully saturated rings. The van der Waals surface area contributed by atoms with E-state index in [2.05, 4.69) is 15.3 Å². The van der Waals surface area contributed by atoms with Crippen LogP contribution in [0.5, 0.6) is 5.75 Å². The molecular formula is C25H29N3O4S2. The Kier molecular flexibility index (Phi) is 7.51. The van der Waals surface area contributed by atoms with E-state index in [-0.39, 0.29) is 23.3 Å². The van der Waals surface area contributed by atoms with Gasteiger partial charge in [-0.3, -0.25) is 9.59 Å². The quantitative estimate of drug-likeness (QED) is 0.467. The summed E-state index contributed by atoms with van der Waals surface area (Å²) in [6.07, 6.45) is 7.69. The molecule has 3 aromatic rings. The minimum Gasteiger partial charge on any atom is -0.489 e. The zero-order chi connectivity index (χ0) is 23.3. The molecule has 1 aliphatic heterocycles. The van der Waals surface area contributed by atoms with Crippen LogP contribution >= 0.6 is 23.1 Å². The van der Waals surface area contributed by atoms with E-state index in [0.717, 1.165) is 55.3 Å². The molecule has 1 saturated heterocycles. The van der Waals surface area contributed by atoms with Crippen LogP contribution in [0.25, 0.3) is 10.2 Å². The largest absolute Gasteiger partial charge is 0.489 e. The number of thiophene rings is 1. The van der Waals surface area contributed by atoms with E-state index in [1.165, 1.54) is 28.6 Å². The highest BCUT2D eigenvalue weighted by molar-refractivity contribution is 7.99. The van der Waals surface area contributed by atoms with Crippen LogP contribution in [-0.4, -0.2) is 40.9 Å². The van der Waals surface area contributed by atoms with Crippen molar-refractivity contribution in [1.29, 1.82) is 0 Å². The van der Waals surface area contributed by atoms with Gasteiger partial charge in [-0.1, -0.05) is 12.1 Å². The van der Waals surface area contributed by atoms with E-state index in [1.807, 2.05) is 24.3 Å². The minimum absolute atomic E-state index is 0.0579. The number of aryl methyl sites for hydroxylation is 2. The number of hydrogen-bond acceptors (Lipinski definition) is 7. The maximum Gasteiger partial charge on any atom is 0.259 e. The summed E-state index contributed by atoms with van der Waals surface area (Å²) in [7, 11) is 0. The Morgan fingerprint density at radius 3 is 3.00 bits per heavy atom. The lowest BCUT2D eigenvalue weighted by Crippen LogP contribution is -2.26. The third kappa shape index (κ3) is 5.47. The normalized spacial score (nSPS) is 17.9. The fraction of sp³-hybridized carbons (Fsp3) is 0.480. The Balaban J connectivity index is 1.16. The van der Waals surface area contributed by atoms with Crippen molar-refractivity contribution in [2.75, 3.05) is 24.3 Å². The van der Waals surface area contributed by atoms with Crippen LogP contribution < -0.4 is 15.6 Å². The zero-order valence-electron chi connectivity index (χ0n) is 19.1. The molecule has 0 saturated carbocycles. The van der Waals surface area contributed by atoms with Gasteiger partial charge < -0.3 is 19.8 Å². The molecule has 9 heteroatoms. The summed E-state index contributed by atoms with van der Waals surface area (Å²) in [5, 5.41) is 3.71. The van der Waals surface area contributed by atoms with Crippen LogP contribution in [0, 0.1) is 0 Å². The van der Waals surface area contributed by atoms with E-state index in [4.69, 9.17) is 9.47 Å². The molecule has 3 heterocycles. The van der Waals surface area contributed by atoms with Crippen LogP contribution in [0.1, 0.15) is 48.4 Å². The fourth-order valence-electron chi connectivity index (χ4n) is 4.52. The number of rotatable bonds is 8. The number of nitrogens with zero attached hydrogens (tertiary/aromatic N) is 1. The van der Waals surface area contributed by atoms with Gasteiger partial charge in [-0.05, 0) is 62.6 Å². The summed E-state index contributed by atoms with van der Waals surface area (Å²) >= 11 is 3.07. The van der Waals surface area contributed by atoms with Crippen LogP contribution in [0.4, 0.5) is 5.69 Å². The molecule has 180 valence electrons. The van der Waals surface area contributed by atoms with Gasteiger partial charge >= 0.3 is 0 Å². The molecule has 2 aliphatic rings. The van der Waals surface area contributed by atoms with Gasteiger partial charge in [0, 0.05) is 11.5 Å². The third-order valence-electron chi connectivity index (χ3n) is 6.21. The van der Waals surface area contributed by atoms with Gasteiger partial charge in [0.25, 0.3) is 5.56 Å². The van der Waals surface area contributed by atoms with Crippen molar-refractivity contribution in [1.82, 2.24) is 9.97 Å². The maximum absolute atomic E-state index is 12.7. The van der Waals surface area contributed by atoms with Crippen molar-refractivity contribution in [3.8, 4) is 5.75 Å². The Morgan fingerprint density at radius 1 is 1.24 bits per heavy atom. The first-order valence-electron chi connectivity index (χ1n) is 11.9. The molecule has 1 amide bonds. The molecule has 7 nitrogen and oxygen atoms in total. The lowest BCUT2D eigenvalue weighted by Gasteiger charge is -2.23. The monoisotopic (exact) mass is 499 g/mol. The van der Waals surface area contributed by atoms with Crippen molar-refractivity contribution >= 4 is 44.9 Å². The highest BCUT2D eigenvalue weighted by atomic mass is 32.2. The second kappa shape index (κ2) is 10.9. The first-order chi connectivity index (χ1) is 16.7. The predicted molar refractivity (Wildman–Crippen MR) is 137 cm³/mol. The van der Waals surface area contributed by atoms with E-state index < -0.39 is 0 Å². The van der Waals surface area contributed by atoms with E-state index in [1.54, 1.807) is 11.3 Å². The Bertz CT molecular complexity index is 1220. The number of thioether (sulfide) groups is 1. The van der Waals surface area contributed by atoms with Crippen molar-refractivity contribution in [2.45, 2.75) is 56.8 Å².